The molecule has 1 aromatic carbocycles. The van der Waals surface area contributed by atoms with Crippen molar-refractivity contribution in [1.82, 2.24) is 0 Å². The molecule has 86 valence electrons. The molecule has 1 unspecified atom stereocenters. The Morgan fingerprint density at radius 1 is 1.12 bits per heavy atom. The van der Waals surface area contributed by atoms with E-state index in [9.17, 15) is 0 Å². The molecule has 2 fully saturated rings. The van der Waals surface area contributed by atoms with Gasteiger partial charge in [0.2, 0.25) is 0 Å². The van der Waals surface area contributed by atoms with Crippen molar-refractivity contribution in [3.8, 4) is 0 Å². The number of fused-ring (bicyclic) bond motifs is 1. The van der Waals surface area contributed by atoms with Crippen molar-refractivity contribution in [2.45, 2.75) is 38.8 Å². The standard InChI is InChI=1S/C15H21P/c1-15(2)10-8-12-9-11-16(14(12)15)13-6-4-3-5-7-13/h3-7,12,14H,8-11H2,1-2H3/t12-,14+,16?/m0/s1. The van der Waals surface area contributed by atoms with E-state index in [2.05, 4.69) is 44.2 Å². The van der Waals surface area contributed by atoms with Crippen LogP contribution in [0.1, 0.15) is 33.1 Å². The molecule has 16 heavy (non-hydrogen) atoms. The zero-order valence-corrected chi connectivity index (χ0v) is 11.2. The molecular weight excluding hydrogens is 211 g/mol. The van der Waals surface area contributed by atoms with E-state index in [4.69, 9.17) is 0 Å². The number of benzene rings is 1. The van der Waals surface area contributed by atoms with Crippen LogP contribution in [0.4, 0.5) is 0 Å². The van der Waals surface area contributed by atoms with Crippen LogP contribution < -0.4 is 5.30 Å². The minimum atomic E-state index is 0.131. The van der Waals surface area contributed by atoms with Crippen molar-refractivity contribution < 1.29 is 0 Å². The van der Waals surface area contributed by atoms with Gasteiger partial charge < -0.3 is 0 Å². The number of rotatable bonds is 1. The Balaban J connectivity index is 1.93. The molecule has 0 bridgehead atoms. The molecule has 2 aliphatic rings. The van der Waals surface area contributed by atoms with Crippen LogP contribution in [0.5, 0.6) is 0 Å². The third-order valence-corrected chi connectivity index (χ3v) is 8.06. The number of hydrogen-bond donors (Lipinski definition) is 0. The largest absolute Gasteiger partial charge is 0.0713 e. The SMILES string of the molecule is CC1(C)CC[C@H]2CCP(c3ccccc3)[C@H]21. The average molecular weight is 232 g/mol. The Bertz CT molecular complexity index is 368. The fraction of sp³-hybridized carbons (Fsp3) is 0.600. The van der Waals surface area contributed by atoms with Crippen LogP contribution in [-0.4, -0.2) is 11.8 Å². The molecule has 0 aromatic heterocycles. The summed E-state index contributed by atoms with van der Waals surface area (Å²) < 4.78 is 0. The first kappa shape index (κ1) is 10.8. The summed E-state index contributed by atoms with van der Waals surface area (Å²) in [6, 6.07) is 11.3. The molecule has 1 saturated heterocycles. The van der Waals surface area contributed by atoms with Crippen molar-refractivity contribution in [3.05, 3.63) is 30.3 Å². The molecule has 0 nitrogen and oxygen atoms in total. The average Bonchev–Trinajstić information content (AvgIpc) is 2.82. The second-order valence-corrected chi connectivity index (χ2v) is 8.51. The van der Waals surface area contributed by atoms with Crippen molar-refractivity contribution >= 4 is 13.2 Å². The Morgan fingerprint density at radius 3 is 2.62 bits per heavy atom. The van der Waals surface area contributed by atoms with Gasteiger partial charge in [-0.05, 0) is 47.7 Å². The van der Waals surface area contributed by atoms with Crippen molar-refractivity contribution in [2.75, 3.05) is 6.16 Å². The van der Waals surface area contributed by atoms with Crippen LogP contribution in [0.15, 0.2) is 30.3 Å². The predicted octanol–water partition coefficient (Wildman–Crippen LogP) is 4.00. The summed E-state index contributed by atoms with van der Waals surface area (Å²) in [5.41, 5.74) is 1.60. The Hall–Kier alpha value is -0.350. The Morgan fingerprint density at radius 2 is 1.88 bits per heavy atom. The van der Waals surface area contributed by atoms with Gasteiger partial charge in [-0.2, -0.15) is 0 Å². The molecule has 3 atom stereocenters. The highest BCUT2D eigenvalue weighted by atomic mass is 31.1. The quantitative estimate of drug-likeness (QED) is 0.642. The second kappa shape index (κ2) is 3.84. The molecule has 1 saturated carbocycles. The van der Waals surface area contributed by atoms with E-state index in [0.717, 1.165) is 11.6 Å². The van der Waals surface area contributed by atoms with Crippen LogP contribution in [0.25, 0.3) is 0 Å². The van der Waals surface area contributed by atoms with Gasteiger partial charge in [-0.15, -0.1) is 0 Å². The monoisotopic (exact) mass is 232 g/mol. The topological polar surface area (TPSA) is 0 Å². The van der Waals surface area contributed by atoms with E-state index in [1.165, 1.54) is 25.4 Å². The van der Waals surface area contributed by atoms with Gasteiger partial charge in [0.05, 0.1) is 0 Å². The molecule has 1 aromatic rings. The summed E-state index contributed by atoms with van der Waals surface area (Å²) in [6.07, 6.45) is 5.92. The fourth-order valence-electron chi connectivity index (χ4n) is 3.83. The van der Waals surface area contributed by atoms with E-state index >= 15 is 0 Å². The van der Waals surface area contributed by atoms with Gasteiger partial charge in [0, 0.05) is 0 Å². The maximum absolute atomic E-state index is 2.50. The third-order valence-electron chi connectivity index (χ3n) is 4.57. The summed E-state index contributed by atoms with van der Waals surface area (Å²) in [6.45, 7) is 5.00. The smallest absolute Gasteiger partial charge is 0.00892 e. The molecule has 1 aliphatic heterocycles. The van der Waals surface area contributed by atoms with E-state index in [0.29, 0.717) is 5.41 Å². The van der Waals surface area contributed by atoms with Crippen molar-refractivity contribution in [3.63, 3.8) is 0 Å². The lowest BCUT2D eigenvalue weighted by molar-refractivity contribution is 0.377. The first-order chi connectivity index (χ1) is 7.68. The lowest BCUT2D eigenvalue weighted by Crippen LogP contribution is -2.26. The van der Waals surface area contributed by atoms with E-state index in [1.807, 2.05) is 0 Å². The minimum absolute atomic E-state index is 0.131. The minimum Gasteiger partial charge on any atom is -0.0713 e. The zero-order valence-electron chi connectivity index (χ0n) is 10.3. The molecule has 1 aliphatic carbocycles. The normalized spacial score (nSPS) is 36.2. The summed E-state index contributed by atoms with van der Waals surface area (Å²) in [5, 5.41) is 1.65. The van der Waals surface area contributed by atoms with E-state index in [1.54, 1.807) is 5.30 Å². The van der Waals surface area contributed by atoms with Crippen LogP contribution in [0.3, 0.4) is 0 Å². The van der Waals surface area contributed by atoms with Gasteiger partial charge in [0.1, 0.15) is 0 Å². The Labute approximate surface area is 100 Å². The molecule has 0 amide bonds. The van der Waals surface area contributed by atoms with Crippen LogP contribution >= 0.6 is 7.92 Å². The second-order valence-electron chi connectivity index (χ2n) is 6.05. The highest BCUT2D eigenvalue weighted by molar-refractivity contribution is 7.66. The lowest BCUT2D eigenvalue weighted by Gasteiger charge is -2.32. The maximum Gasteiger partial charge on any atom is -0.00892 e. The zero-order chi connectivity index (χ0) is 11.2. The van der Waals surface area contributed by atoms with Crippen LogP contribution in [0.2, 0.25) is 0 Å². The molecule has 1 heteroatoms. The molecule has 0 radical (unpaired) electrons. The van der Waals surface area contributed by atoms with Gasteiger partial charge in [-0.1, -0.05) is 52.1 Å². The van der Waals surface area contributed by atoms with Gasteiger partial charge in [-0.25, -0.2) is 0 Å². The van der Waals surface area contributed by atoms with Gasteiger partial charge in [-0.3, -0.25) is 0 Å². The third kappa shape index (κ3) is 1.63. The summed E-state index contributed by atoms with van der Waals surface area (Å²) in [4.78, 5) is 0. The lowest BCUT2D eigenvalue weighted by atomic mass is 9.89. The molecule has 3 rings (SSSR count). The first-order valence-electron chi connectivity index (χ1n) is 6.50. The van der Waals surface area contributed by atoms with Crippen LogP contribution in [0, 0.1) is 11.3 Å². The maximum atomic E-state index is 2.50. The number of hydrogen-bond acceptors (Lipinski definition) is 0. The van der Waals surface area contributed by atoms with Crippen molar-refractivity contribution in [1.29, 1.82) is 0 Å². The summed E-state index contributed by atoms with van der Waals surface area (Å²) in [5.74, 6) is 1.04. The molecule has 0 spiro atoms. The van der Waals surface area contributed by atoms with Gasteiger partial charge in [0.15, 0.2) is 0 Å². The van der Waals surface area contributed by atoms with Crippen LogP contribution in [-0.2, 0) is 0 Å². The molecular formula is C15H21P. The van der Waals surface area contributed by atoms with E-state index in [-0.39, 0.29) is 7.92 Å². The Kier molecular flexibility index (Phi) is 2.59. The predicted molar refractivity (Wildman–Crippen MR) is 72.8 cm³/mol. The first-order valence-corrected chi connectivity index (χ1v) is 8.10. The summed E-state index contributed by atoms with van der Waals surface area (Å²) >= 11 is 0. The summed E-state index contributed by atoms with van der Waals surface area (Å²) in [7, 11) is 0.131. The van der Waals surface area contributed by atoms with Gasteiger partial charge in [0.25, 0.3) is 0 Å². The highest BCUT2D eigenvalue weighted by Crippen LogP contribution is 2.64. The van der Waals surface area contributed by atoms with Gasteiger partial charge >= 0.3 is 0 Å². The fourth-order valence-corrected chi connectivity index (χ4v) is 7.64. The molecule has 1 heterocycles. The molecule has 0 N–H and O–H groups in total. The highest BCUT2D eigenvalue weighted by Gasteiger charge is 2.49. The van der Waals surface area contributed by atoms with E-state index < -0.39 is 0 Å². The van der Waals surface area contributed by atoms with Crippen molar-refractivity contribution in [2.24, 2.45) is 11.3 Å².